The molecule has 1 N–H and O–H groups in total. The van der Waals surface area contributed by atoms with Crippen molar-refractivity contribution < 1.29 is 18.0 Å². The monoisotopic (exact) mass is 653 g/mol. The minimum Gasteiger partial charge on any atom is -0.355 e. The van der Waals surface area contributed by atoms with Gasteiger partial charge >= 0.3 is 0 Å². The van der Waals surface area contributed by atoms with Crippen molar-refractivity contribution in [3.63, 3.8) is 0 Å². The third-order valence-electron chi connectivity index (χ3n) is 5.68. The highest BCUT2D eigenvalue weighted by molar-refractivity contribution is 14.1. The van der Waals surface area contributed by atoms with E-state index in [4.69, 9.17) is 11.6 Å². The van der Waals surface area contributed by atoms with Crippen LogP contribution >= 0.6 is 34.2 Å². The zero-order valence-corrected chi connectivity index (χ0v) is 24.3. The van der Waals surface area contributed by atoms with Crippen molar-refractivity contribution in [2.24, 2.45) is 0 Å². The maximum Gasteiger partial charge on any atom is 0.244 e. The summed E-state index contributed by atoms with van der Waals surface area (Å²) in [5.41, 5.74) is 2.02. The number of rotatable bonds is 11. The Morgan fingerprint density at radius 1 is 0.946 bits per heavy atom. The summed E-state index contributed by atoms with van der Waals surface area (Å²) in [5.74, 6) is -0.806. The molecule has 0 aliphatic rings. The van der Waals surface area contributed by atoms with E-state index in [-0.39, 0.29) is 18.9 Å². The summed E-state index contributed by atoms with van der Waals surface area (Å²) in [5, 5.41) is 3.38. The van der Waals surface area contributed by atoms with Crippen molar-refractivity contribution >= 4 is 61.7 Å². The van der Waals surface area contributed by atoms with Crippen LogP contribution in [0.2, 0.25) is 5.02 Å². The van der Waals surface area contributed by atoms with Gasteiger partial charge in [0, 0.05) is 28.1 Å². The fraction of sp³-hybridized carbons (Fsp3) is 0.259. The number of amides is 2. The second-order valence-corrected chi connectivity index (χ2v) is 12.1. The molecule has 196 valence electrons. The molecule has 0 aliphatic carbocycles. The largest absolute Gasteiger partial charge is 0.355 e. The third-order valence-corrected chi connectivity index (χ3v) is 7.79. The van der Waals surface area contributed by atoms with Crippen molar-refractivity contribution in [2.45, 2.75) is 25.9 Å². The first kappa shape index (κ1) is 28.9. The summed E-state index contributed by atoms with van der Waals surface area (Å²) < 4.78 is 27.5. The lowest BCUT2D eigenvalue weighted by Gasteiger charge is -2.33. The smallest absolute Gasteiger partial charge is 0.244 e. The van der Waals surface area contributed by atoms with Crippen LogP contribution in [0, 0.1) is 3.57 Å². The zero-order valence-electron chi connectivity index (χ0n) is 20.6. The highest BCUT2D eigenvalue weighted by Gasteiger charge is 2.32. The molecule has 1 atom stereocenters. The predicted octanol–water partition coefficient (Wildman–Crippen LogP) is 4.49. The van der Waals surface area contributed by atoms with E-state index in [1.54, 1.807) is 48.5 Å². The molecule has 0 spiro atoms. The standard InChI is InChI=1S/C27H29ClIN3O4S/c1-3-30-27(34)25(17-20-7-5-4-6-8-20)31(18-21-9-11-22(28)12-10-21)26(33)19-32(37(2,35)36)24-15-13-23(29)14-16-24/h4-16,25H,3,17-19H2,1-2H3,(H,30,34)/t25-/m0/s1. The molecule has 0 aromatic heterocycles. The quantitative estimate of drug-likeness (QED) is 0.309. The molecule has 3 aromatic rings. The first-order chi connectivity index (χ1) is 17.6. The molecular formula is C27H29ClIN3O4S. The lowest BCUT2D eigenvalue weighted by atomic mass is 10.0. The second-order valence-electron chi connectivity index (χ2n) is 8.49. The molecule has 0 aliphatic heterocycles. The number of anilines is 1. The SMILES string of the molecule is CCNC(=O)[C@H](Cc1ccccc1)N(Cc1ccc(Cl)cc1)C(=O)CN(c1ccc(I)cc1)S(C)(=O)=O. The van der Waals surface area contributed by atoms with Crippen LogP contribution in [-0.2, 0) is 32.6 Å². The van der Waals surface area contributed by atoms with Gasteiger partial charge in [-0.15, -0.1) is 0 Å². The fourth-order valence-corrected chi connectivity index (χ4v) is 5.19. The first-order valence-corrected chi connectivity index (χ1v) is 15.0. The van der Waals surface area contributed by atoms with Gasteiger partial charge in [-0.2, -0.15) is 0 Å². The van der Waals surface area contributed by atoms with Gasteiger partial charge in [-0.05, 0) is 77.0 Å². The van der Waals surface area contributed by atoms with Gasteiger partial charge in [0.05, 0.1) is 11.9 Å². The van der Waals surface area contributed by atoms with Crippen LogP contribution in [0.5, 0.6) is 0 Å². The van der Waals surface area contributed by atoms with Crippen LogP contribution in [0.3, 0.4) is 0 Å². The average Bonchev–Trinajstić information content (AvgIpc) is 2.86. The van der Waals surface area contributed by atoms with Crippen LogP contribution in [0.4, 0.5) is 5.69 Å². The van der Waals surface area contributed by atoms with E-state index >= 15 is 0 Å². The molecule has 0 unspecified atom stereocenters. The summed E-state index contributed by atoms with van der Waals surface area (Å²) in [6, 6.07) is 22.4. The van der Waals surface area contributed by atoms with Gasteiger partial charge in [0.25, 0.3) is 0 Å². The summed E-state index contributed by atoms with van der Waals surface area (Å²) in [4.78, 5) is 28.6. The van der Waals surface area contributed by atoms with Crippen molar-refractivity contribution in [1.29, 1.82) is 0 Å². The van der Waals surface area contributed by atoms with Gasteiger partial charge in [-0.25, -0.2) is 8.42 Å². The topological polar surface area (TPSA) is 86.8 Å². The predicted molar refractivity (Wildman–Crippen MR) is 156 cm³/mol. The van der Waals surface area contributed by atoms with Gasteiger partial charge in [0.1, 0.15) is 12.6 Å². The Morgan fingerprint density at radius 3 is 2.14 bits per heavy atom. The molecule has 0 fully saturated rings. The van der Waals surface area contributed by atoms with E-state index in [9.17, 15) is 18.0 Å². The van der Waals surface area contributed by atoms with E-state index in [0.29, 0.717) is 17.3 Å². The average molecular weight is 654 g/mol. The molecule has 37 heavy (non-hydrogen) atoms. The van der Waals surface area contributed by atoms with Crippen molar-refractivity contribution in [3.05, 3.63) is 98.6 Å². The van der Waals surface area contributed by atoms with Gasteiger partial charge < -0.3 is 10.2 Å². The Bertz CT molecular complexity index is 1300. The maximum atomic E-state index is 13.9. The number of likely N-dealkylation sites (N-methyl/N-ethyl adjacent to an activating group) is 1. The van der Waals surface area contributed by atoms with E-state index in [2.05, 4.69) is 27.9 Å². The van der Waals surface area contributed by atoms with Gasteiger partial charge in [-0.1, -0.05) is 54.1 Å². The lowest BCUT2D eigenvalue weighted by molar-refractivity contribution is -0.140. The van der Waals surface area contributed by atoms with Crippen molar-refractivity contribution in [3.8, 4) is 0 Å². The minimum atomic E-state index is -3.79. The number of nitrogens with zero attached hydrogens (tertiary/aromatic N) is 2. The third kappa shape index (κ3) is 8.44. The molecule has 3 rings (SSSR count). The Morgan fingerprint density at radius 2 is 1.57 bits per heavy atom. The fourth-order valence-electron chi connectivity index (χ4n) is 3.85. The van der Waals surface area contributed by atoms with Crippen LogP contribution in [0.15, 0.2) is 78.9 Å². The van der Waals surface area contributed by atoms with E-state index in [1.165, 1.54) is 4.90 Å². The highest BCUT2D eigenvalue weighted by atomic mass is 127. The number of sulfonamides is 1. The Kier molecular flexibility index (Phi) is 10.4. The molecule has 7 nitrogen and oxygen atoms in total. The van der Waals surface area contributed by atoms with Crippen molar-refractivity contribution in [2.75, 3.05) is 23.7 Å². The molecule has 0 radical (unpaired) electrons. The minimum absolute atomic E-state index is 0.106. The number of hydrogen-bond acceptors (Lipinski definition) is 4. The van der Waals surface area contributed by atoms with Crippen LogP contribution in [0.1, 0.15) is 18.1 Å². The number of halogens is 2. The molecule has 10 heteroatoms. The number of carbonyl (C=O) groups is 2. The molecule has 0 saturated carbocycles. The Balaban J connectivity index is 2.02. The van der Waals surface area contributed by atoms with Crippen LogP contribution in [-0.4, -0.2) is 50.5 Å². The molecule has 3 aromatic carbocycles. The lowest BCUT2D eigenvalue weighted by Crippen LogP contribution is -2.53. The Labute approximate surface area is 237 Å². The van der Waals surface area contributed by atoms with Crippen LogP contribution < -0.4 is 9.62 Å². The van der Waals surface area contributed by atoms with E-state index in [0.717, 1.165) is 25.3 Å². The number of nitrogens with one attached hydrogen (secondary N) is 1. The summed E-state index contributed by atoms with van der Waals surface area (Å²) in [7, 11) is -3.79. The molecule has 0 saturated heterocycles. The summed E-state index contributed by atoms with van der Waals surface area (Å²) >= 11 is 8.18. The number of benzene rings is 3. The maximum absolute atomic E-state index is 13.9. The normalized spacial score (nSPS) is 12.0. The van der Waals surface area contributed by atoms with E-state index < -0.39 is 28.5 Å². The highest BCUT2D eigenvalue weighted by Crippen LogP contribution is 2.22. The molecular weight excluding hydrogens is 625 g/mol. The molecule has 0 heterocycles. The van der Waals surface area contributed by atoms with Gasteiger partial charge in [-0.3, -0.25) is 13.9 Å². The van der Waals surface area contributed by atoms with Crippen molar-refractivity contribution in [1.82, 2.24) is 10.2 Å². The second kappa shape index (κ2) is 13.3. The van der Waals surface area contributed by atoms with E-state index in [1.807, 2.05) is 37.3 Å². The Hall–Kier alpha value is -2.63. The number of carbonyl (C=O) groups excluding carboxylic acids is 2. The summed E-state index contributed by atoms with van der Waals surface area (Å²) in [6.07, 6.45) is 1.33. The van der Waals surface area contributed by atoms with Gasteiger partial charge in [0.15, 0.2) is 0 Å². The molecule has 0 bridgehead atoms. The summed E-state index contributed by atoms with van der Waals surface area (Å²) in [6.45, 7) is 1.86. The van der Waals surface area contributed by atoms with Gasteiger partial charge in [0.2, 0.25) is 21.8 Å². The first-order valence-electron chi connectivity index (χ1n) is 11.7. The zero-order chi connectivity index (χ0) is 27.0. The van der Waals surface area contributed by atoms with Crippen LogP contribution in [0.25, 0.3) is 0 Å². The number of hydrogen-bond donors (Lipinski definition) is 1. The molecule has 2 amide bonds.